The van der Waals surface area contributed by atoms with Crippen molar-refractivity contribution in [3.05, 3.63) is 70.4 Å². The Morgan fingerprint density at radius 3 is 2.44 bits per heavy atom. The van der Waals surface area contributed by atoms with Crippen LogP contribution in [-0.2, 0) is 13.0 Å². The van der Waals surface area contributed by atoms with E-state index in [-0.39, 0.29) is 0 Å². The van der Waals surface area contributed by atoms with E-state index in [9.17, 15) is 5.26 Å². The highest BCUT2D eigenvalue weighted by molar-refractivity contribution is 5.53. The highest BCUT2D eigenvalue weighted by atomic mass is 15.5. The summed E-state index contributed by atoms with van der Waals surface area (Å²) < 4.78 is 0. The lowest BCUT2D eigenvalue weighted by atomic mass is 10.00. The molecule has 25 heavy (non-hydrogen) atoms. The second-order valence-electron chi connectivity index (χ2n) is 6.56. The van der Waals surface area contributed by atoms with Crippen LogP contribution >= 0.6 is 0 Å². The molecule has 4 rings (SSSR count). The van der Waals surface area contributed by atoms with Crippen LogP contribution in [0, 0.1) is 25.2 Å². The van der Waals surface area contributed by atoms with Crippen LogP contribution in [0.4, 0.5) is 5.82 Å². The summed E-state index contributed by atoms with van der Waals surface area (Å²) in [5.74, 6) is 0.663. The summed E-state index contributed by atoms with van der Waals surface area (Å²) in [6.07, 6.45) is 0.956. The first-order chi connectivity index (χ1) is 12.1. The van der Waals surface area contributed by atoms with Gasteiger partial charge in [-0.1, -0.05) is 30.3 Å². The van der Waals surface area contributed by atoms with Gasteiger partial charge in [-0.3, -0.25) is 0 Å². The molecule has 5 nitrogen and oxygen atoms in total. The maximum atomic E-state index is 9.52. The maximum Gasteiger partial charge on any atom is 0.207 e. The van der Waals surface area contributed by atoms with E-state index in [4.69, 9.17) is 0 Å². The summed E-state index contributed by atoms with van der Waals surface area (Å²) in [6, 6.07) is 16.8. The fourth-order valence-electron chi connectivity index (χ4n) is 3.44. The number of anilines is 1. The van der Waals surface area contributed by atoms with E-state index in [1.807, 2.05) is 26.0 Å². The van der Waals surface area contributed by atoms with Crippen molar-refractivity contribution in [3.8, 4) is 11.8 Å². The van der Waals surface area contributed by atoms with Gasteiger partial charge >= 0.3 is 0 Å². The lowest BCUT2D eigenvalue weighted by Gasteiger charge is -2.28. The van der Waals surface area contributed by atoms with E-state index >= 15 is 0 Å². The quantitative estimate of drug-likeness (QED) is 0.724. The van der Waals surface area contributed by atoms with Crippen LogP contribution in [-0.4, -0.2) is 21.5 Å². The number of aryl methyl sites for hydroxylation is 2. The minimum atomic E-state index is 0.374. The molecule has 5 heteroatoms. The minimum Gasteiger partial charge on any atom is -0.348 e. The standard InChI is InChI=1S/C20H19N5/c1-14-9-15(2)11-18(10-14)25-22-19(12-21)20(23-25)24-8-7-16-5-3-4-6-17(16)13-24/h3-6,9-11H,7-8,13H2,1-2H3. The van der Waals surface area contributed by atoms with Crippen LogP contribution in [0.1, 0.15) is 27.9 Å². The van der Waals surface area contributed by atoms with Gasteiger partial charge in [0.05, 0.1) is 5.69 Å². The molecule has 1 aliphatic heterocycles. The summed E-state index contributed by atoms with van der Waals surface area (Å²) >= 11 is 0. The second-order valence-corrected chi connectivity index (χ2v) is 6.56. The fraction of sp³-hybridized carbons (Fsp3) is 0.250. The lowest BCUT2D eigenvalue weighted by molar-refractivity contribution is 0.699. The maximum absolute atomic E-state index is 9.52. The van der Waals surface area contributed by atoms with E-state index in [1.54, 1.807) is 4.80 Å². The molecule has 0 radical (unpaired) electrons. The molecule has 1 aromatic heterocycles. The molecule has 0 spiro atoms. The third-order valence-corrected chi connectivity index (χ3v) is 4.57. The van der Waals surface area contributed by atoms with Crippen LogP contribution in [0.5, 0.6) is 0 Å². The van der Waals surface area contributed by atoms with Crippen LogP contribution in [0.2, 0.25) is 0 Å². The molecule has 0 saturated carbocycles. The predicted octanol–water partition coefficient (Wildman–Crippen LogP) is 3.32. The largest absolute Gasteiger partial charge is 0.348 e. The van der Waals surface area contributed by atoms with Crippen LogP contribution < -0.4 is 4.90 Å². The Kier molecular flexibility index (Phi) is 3.73. The second kappa shape index (κ2) is 6.06. The molecule has 0 fully saturated rings. The van der Waals surface area contributed by atoms with E-state index in [1.165, 1.54) is 11.1 Å². The van der Waals surface area contributed by atoms with Gasteiger partial charge in [0.25, 0.3) is 0 Å². The molecule has 2 aromatic carbocycles. The van der Waals surface area contributed by atoms with Crippen molar-refractivity contribution in [1.82, 2.24) is 15.0 Å². The normalized spacial score (nSPS) is 13.4. The van der Waals surface area contributed by atoms with Crippen molar-refractivity contribution in [2.45, 2.75) is 26.8 Å². The van der Waals surface area contributed by atoms with E-state index in [0.717, 1.165) is 36.3 Å². The Balaban J connectivity index is 1.72. The van der Waals surface area contributed by atoms with E-state index < -0.39 is 0 Å². The zero-order chi connectivity index (χ0) is 17.4. The zero-order valence-corrected chi connectivity index (χ0v) is 14.4. The van der Waals surface area contributed by atoms with Crippen molar-refractivity contribution in [2.24, 2.45) is 0 Å². The monoisotopic (exact) mass is 329 g/mol. The average Bonchev–Trinajstić information content (AvgIpc) is 3.05. The molecule has 2 heterocycles. The number of nitrogens with zero attached hydrogens (tertiary/aromatic N) is 5. The first-order valence-corrected chi connectivity index (χ1v) is 8.42. The van der Waals surface area contributed by atoms with Crippen molar-refractivity contribution in [3.63, 3.8) is 0 Å². The Morgan fingerprint density at radius 1 is 1.00 bits per heavy atom. The first-order valence-electron chi connectivity index (χ1n) is 8.42. The van der Waals surface area contributed by atoms with Gasteiger partial charge in [0.1, 0.15) is 6.07 Å². The number of benzene rings is 2. The third kappa shape index (κ3) is 2.87. The van der Waals surface area contributed by atoms with E-state index in [2.05, 4.69) is 51.5 Å². The molecular formula is C20H19N5. The average molecular weight is 329 g/mol. The predicted molar refractivity (Wildman–Crippen MR) is 96.7 cm³/mol. The molecule has 1 aliphatic rings. The zero-order valence-electron chi connectivity index (χ0n) is 14.4. The van der Waals surface area contributed by atoms with Crippen molar-refractivity contribution < 1.29 is 0 Å². The van der Waals surface area contributed by atoms with Gasteiger partial charge in [-0.2, -0.15) is 5.26 Å². The Hall–Kier alpha value is -3.13. The molecular weight excluding hydrogens is 310 g/mol. The number of hydrogen-bond acceptors (Lipinski definition) is 4. The summed E-state index contributed by atoms with van der Waals surface area (Å²) in [7, 11) is 0. The van der Waals surface area contributed by atoms with Gasteiger partial charge in [-0.25, -0.2) is 0 Å². The molecule has 124 valence electrons. The van der Waals surface area contributed by atoms with Gasteiger partial charge in [0.15, 0.2) is 5.82 Å². The Morgan fingerprint density at radius 2 is 1.72 bits per heavy atom. The smallest absolute Gasteiger partial charge is 0.207 e. The van der Waals surface area contributed by atoms with E-state index in [0.29, 0.717) is 11.5 Å². The van der Waals surface area contributed by atoms with Gasteiger partial charge in [-0.15, -0.1) is 15.0 Å². The van der Waals surface area contributed by atoms with Crippen LogP contribution in [0.25, 0.3) is 5.69 Å². The Bertz CT molecular complexity index is 960. The SMILES string of the molecule is Cc1cc(C)cc(-n2nc(C#N)c(N3CCc4ccccc4C3)n2)c1. The summed E-state index contributed by atoms with van der Waals surface area (Å²) in [5.41, 5.74) is 6.23. The molecule has 0 amide bonds. The van der Waals surface area contributed by atoms with Crippen molar-refractivity contribution in [1.29, 1.82) is 5.26 Å². The highest BCUT2D eigenvalue weighted by Gasteiger charge is 2.23. The third-order valence-electron chi connectivity index (χ3n) is 4.57. The van der Waals surface area contributed by atoms with Gasteiger partial charge in [-0.05, 0) is 54.7 Å². The summed E-state index contributed by atoms with van der Waals surface area (Å²) in [4.78, 5) is 3.72. The van der Waals surface area contributed by atoms with Gasteiger partial charge in [0.2, 0.25) is 5.69 Å². The number of aromatic nitrogens is 3. The van der Waals surface area contributed by atoms with Crippen molar-refractivity contribution in [2.75, 3.05) is 11.4 Å². The number of fused-ring (bicyclic) bond motifs is 1. The van der Waals surface area contributed by atoms with Gasteiger partial charge in [0, 0.05) is 13.1 Å². The molecule has 0 aliphatic carbocycles. The van der Waals surface area contributed by atoms with Crippen LogP contribution in [0.3, 0.4) is 0 Å². The fourth-order valence-corrected chi connectivity index (χ4v) is 3.44. The Labute approximate surface area is 147 Å². The topological polar surface area (TPSA) is 57.7 Å². The summed E-state index contributed by atoms with van der Waals surface area (Å²) in [6.45, 7) is 5.70. The number of hydrogen-bond donors (Lipinski definition) is 0. The molecule has 3 aromatic rings. The molecule has 0 N–H and O–H groups in total. The lowest BCUT2D eigenvalue weighted by Crippen LogP contribution is -2.31. The molecule has 0 bridgehead atoms. The minimum absolute atomic E-state index is 0.374. The molecule has 0 atom stereocenters. The van der Waals surface area contributed by atoms with Crippen molar-refractivity contribution >= 4 is 5.82 Å². The number of nitriles is 1. The highest BCUT2D eigenvalue weighted by Crippen LogP contribution is 2.25. The first kappa shape index (κ1) is 15.4. The number of rotatable bonds is 2. The van der Waals surface area contributed by atoms with Crippen LogP contribution in [0.15, 0.2) is 42.5 Å². The van der Waals surface area contributed by atoms with Gasteiger partial charge < -0.3 is 4.90 Å². The molecule has 0 saturated heterocycles. The summed E-state index contributed by atoms with van der Waals surface area (Å²) in [5, 5.41) is 18.6. The molecule has 0 unspecified atom stereocenters.